The van der Waals surface area contributed by atoms with Crippen molar-refractivity contribution in [3.8, 4) is 5.75 Å². The van der Waals surface area contributed by atoms with Gasteiger partial charge in [-0.15, -0.1) is 0 Å². The van der Waals surface area contributed by atoms with E-state index in [4.69, 9.17) is 4.74 Å². The number of phenolic OH excluding ortho intramolecular Hbond substituents is 1. The molecule has 2 aromatic rings. The number of phenols is 1. The van der Waals surface area contributed by atoms with E-state index in [1.54, 1.807) is 61.5 Å². The molecule has 3 rings (SSSR count). The summed E-state index contributed by atoms with van der Waals surface area (Å²) in [5.74, 6) is -0.673. The highest BCUT2D eigenvalue weighted by Crippen LogP contribution is 2.21. The zero-order chi connectivity index (χ0) is 17.8. The molecule has 1 aliphatic heterocycles. The third-order valence-electron chi connectivity index (χ3n) is 3.81. The van der Waals surface area contributed by atoms with E-state index in [-0.39, 0.29) is 11.7 Å². The van der Waals surface area contributed by atoms with Crippen molar-refractivity contribution in [1.29, 1.82) is 0 Å². The van der Waals surface area contributed by atoms with Gasteiger partial charge in [-0.25, -0.2) is 0 Å². The summed E-state index contributed by atoms with van der Waals surface area (Å²) in [6.45, 7) is 1.68. The lowest BCUT2D eigenvalue weighted by atomic mass is 10.1. The molecule has 1 amide bonds. The van der Waals surface area contributed by atoms with E-state index in [9.17, 15) is 14.7 Å². The van der Waals surface area contributed by atoms with Crippen LogP contribution in [-0.2, 0) is 9.53 Å². The Morgan fingerprint density at radius 3 is 2.48 bits per heavy atom. The first-order valence-corrected chi connectivity index (χ1v) is 7.87. The van der Waals surface area contributed by atoms with Crippen LogP contribution in [0.25, 0.3) is 6.08 Å². The highest BCUT2D eigenvalue weighted by Gasteiger charge is 2.33. The largest absolute Gasteiger partial charge is 0.507 e. The number of para-hydroxylation sites is 1. The predicted octanol–water partition coefficient (Wildman–Crippen LogP) is 2.02. The minimum Gasteiger partial charge on any atom is -0.507 e. The number of esters is 1. The van der Waals surface area contributed by atoms with Gasteiger partial charge in [0.25, 0.3) is 5.91 Å². The Labute approximate surface area is 145 Å². The van der Waals surface area contributed by atoms with Crippen molar-refractivity contribution in [2.24, 2.45) is 0 Å². The molecule has 2 unspecified atom stereocenters. The van der Waals surface area contributed by atoms with Gasteiger partial charge in [-0.3, -0.25) is 14.9 Å². The number of benzene rings is 2. The number of cyclic esters (lactones) is 1. The summed E-state index contributed by atoms with van der Waals surface area (Å²) in [6.07, 6.45) is 0.786. The van der Waals surface area contributed by atoms with Crippen LogP contribution < -0.4 is 10.6 Å². The Kier molecular flexibility index (Phi) is 4.81. The summed E-state index contributed by atoms with van der Waals surface area (Å²) >= 11 is 0. The lowest BCUT2D eigenvalue weighted by Gasteiger charge is -2.16. The molecule has 0 bridgehead atoms. The average molecular weight is 338 g/mol. The molecular formula is C19H18N2O4. The van der Waals surface area contributed by atoms with E-state index in [0.717, 1.165) is 0 Å². The highest BCUT2D eigenvalue weighted by molar-refractivity contribution is 5.96. The minimum atomic E-state index is -0.797. The molecule has 1 heterocycles. The molecule has 0 aromatic heterocycles. The van der Waals surface area contributed by atoms with E-state index in [1.807, 2.05) is 6.07 Å². The summed E-state index contributed by atoms with van der Waals surface area (Å²) in [6, 6.07) is 14.9. The lowest BCUT2D eigenvalue weighted by molar-refractivity contribution is -0.141. The molecule has 1 saturated heterocycles. The molecule has 1 fully saturated rings. The van der Waals surface area contributed by atoms with Gasteiger partial charge in [-0.2, -0.15) is 0 Å². The van der Waals surface area contributed by atoms with Gasteiger partial charge in [0, 0.05) is 11.1 Å². The number of carbonyl (C=O) groups is 2. The number of ether oxygens (including phenoxy) is 1. The SMILES string of the molecule is CC1NC(/C(=C\c2ccccc2O)NC(=O)c2ccccc2)OC1=O. The molecule has 2 atom stereocenters. The summed E-state index contributed by atoms with van der Waals surface area (Å²) in [5, 5.41) is 15.7. The van der Waals surface area contributed by atoms with Gasteiger partial charge < -0.3 is 15.2 Å². The second kappa shape index (κ2) is 7.19. The van der Waals surface area contributed by atoms with Gasteiger partial charge in [-0.05, 0) is 31.2 Å². The fraction of sp³-hybridized carbons (Fsp3) is 0.158. The molecule has 0 radical (unpaired) electrons. The van der Waals surface area contributed by atoms with E-state index in [1.165, 1.54) is 0 Å². The van der Waals surface area contributed by atoms with Crippen LogP contribution in [0.2, 0.25) is 0 Å². The summed E-state index contributed by atoms with van der Waals surface area (Å²) in [5.41, 5.74) is 1.32. The lowest BCUT2D eigenvalue weighted by Crippen LogP contribution is -2.37. The molecule has 1 aliphatic rings. The maximum atomic E-state index is 12.5. The number of aromatic hydroxyl groups is 1. The molecule has 0 spiro atoms. The van der Waals surface area contributed by atoms with Gasteiger partial charge in [0.15, 0.2) is 6.23 Å². The Morgan fingerprint density at radius 1 is 1.16 bits per heavy atom. The zero-order valence-corrected chi connectivity index (χ0v) is 13.6. The van der Waals surface area contributed by atoms with Crippen LogP contribution in [0, 0.1) is 0 Å². The van der Waals surface area contributed by atoms with Crippen molar-refractivity contribution in [3.63, 3.8) is 0 Å². The number of hydrogen-bond acceptors (Lipinski definition) is 5. The second-order valence-corrected chi connectivity index (χ2v) is 5.68. The number of rotatable bonds is 4. The van der Waals surface area contributed by atoms with Gasteiger partial charge in [0.2, 0.25) is 0 Å². The van der Waals surface area contributed by atoms with Crippen molar-refractivity contribution in [2.45, 2.75) is 19.2 Å². The molecule has 0 saturated carbocycles. The molecule has 128 valence electrons. The van der Waals surface area contributed by atoms with Gasteiger partial charge in [0.05, 0.1) is 5.70 Å². The Balaban J connectivity index is 1.91. The van der Waals surface area contributed by atoms with Gasteiger partial charge in [-0.1, -0.05) is 36.4 Å². The molecule has 25 heavy (non-hydrogen) atoms. The first-order valence-electron chi connectivity index (χ1n) is 7.87. The van der Waals surface area contributed by atoms with Crippen LogP contribution in [0.15, 0.2) is 60.3 Å². The fourth-order valence-electron chi connectivity index (χ4n) is 2.45. The number of amides is 1. The van der Waals surface area contributed by atoms with E-state index < -0.39 is 18.2 Å². The fourth-order valence-corrected chi connectivity index (χ4v) is 2.45. The Morgan fingerprint density at radius 2 is 1.84 bits per heavy atom. The average Bonchev–Trinajstić information content (AvgIpc) is 2.96. The molecular weight excluding hydrogens is 320 g/mol. The van der Waals surface area contributed by atoms with E-state index in [0.29, 0.717) is 16.8 Å². The summed E-state index contributed by atoms with van der Waals surface area (Å²) in [7, 11) is 0. The molecule has 3 N–H and O–H groups in total. The normalized spacial score (nSPS) is 20.2. The summed E-state index contributed by atoms with van der Waals surface area (Å²) < 4.78 is 5.27. The topological polar surface area (TPSA) is 87.7 Å². The van der Waals surface area contributed by atoms with Crippen molar-refractivity contribution < 1.29 is 19.4 Å². The third-order valence-corrected chi connectivity index (χ3v) is 3.81. The van der Waals surface area contributed by atoms with Crippen molar-refractivity contribution >= 4 is 18.0 Å². The van der Waals surface area contributed by atoms with Gasteiger partial charge in [0.1, 0.15) is 11.8 Å². The first kappa shape index (κ1) is 16.7. The molecule has 2 aromatic carbocycles. The number of hydrogen-bond donors (Lipinski definition) is 3. The third kappa shape index (κ3) is 3.87. The number of carbonyl (C=O) groups excluding carboxylic acids is 2. The minimum absolute atomic E-state index is 0.0614. The molecule has 6 nitrogen and oxygen atoms in total. The van der Waals surface area contributed by atoms with Gasteiger partial charge >= 0.3 is 5.97 Å². The Hall–Kier alpha value is -3.12. The second-order valence-electron chi connectivity index (χ2n) is 5.68. The number of nitrogens with one attached hydrogen (secondary N) is 2. The van der Waals surface area contributed by atoms with Crippen molar-refractivity contribution in [3.05, 3.63) is 71.4 Å². The smallest absolute Gasteiger partial charge is 0.324 e. The van der Waals surface area contributed by atoms with Crippen LogP contribution in [0.1, 0.15) is 22.8 Å². The quantitative estimate of drug-likeness (QED) is 0.743. The summed E-state index contributed by atoms with van der Waals surface area (Å²) in [4.78, 5) is 24.2. The van der Waals surface area contributed by atoms with Crippen molar-refractivity contribution in [2.75, 3.05) is 0 Å². The first-order chi connectivity index (χ1) is 12.0. The standard InChI is InChI=1S/C19H18N2O4/c1-12-19(24)25-18(20-12)15(11-14-9-5-6-10-16(14)22)21-17(23)13-7-3-2-4-8-13/h2-12,18,20,22H,1H3,(H,21,23)/b15-11+. The van der Waals surface area contributed by atoms with Crippen LogP contribution >= 0.6 is 0 Å². The maximum absolute atomic E-state index is 12.5. The Bertz CT molecular complexity index is 817. The highest BCUT2D eigenvalue weighted by atomic mass is 16.6. The zero-order valence-electron chi connectivity index (χ0n) is 13.6. The molecule has 0 aliphatic carbocycles. The van der Waals surface area contributed by atoms with Crippen LogP contribution in [0.5, 0.6) is 5.75 Å². The van der Waals surface area contributed by atoms with Crippen LogP contribution in [-0.4, -0.2) is 29.3 Å². The van der Waals surface area contributed by atoms with E-state index >= 15 is 0 Å². The van der Waals surface area contributed by atoms with E-state index in [2.05, 4.69) is 10.6 Å². The van der Waals surface area contributed by atoms with Crippen LogP contribution in [0.4, 0.5) is 0 Å². The predicted molar refractivity (Wildman–Crippen MR) is 92.5 cm³/mol. The molecule has 6 heteroatoms. The van der Waals surface area contributed by atoms with Crippen LogP contribution in [0.3, 0.4) is 0 Å². The van der Waals surface area contributed by atoms with Crippen molar-refractivity contribution in [1.82, 2.24) is 10.6 Å². The monoisotopic (exact) mass is 338 g/mol. The maximum Gasteiger partial charge on any atom is 0.324 e.